The third-order valence-electron chi connectivity index (χ3n) is 3.70. The van der Waals surface area contributed by atoms with Gasteiger partial charge in [-0.15, -0.1) is 0 Å². The molecule has 0 radical (unpaired) electrons. The van der Waals surface area contributed by atoms with Crippen molar-refractivity contribution in [2.24, 2.45) is 0 Å². The average Bonchev–Trinajstić information content (AvgIpc) is 2.60. The van der Waals surface area contributed by atoms with Gasteiger partial charge < -0.3 is 4.74 Å². The number of rotatable bonds is 6. The number of hydrogen-bond acceptors (Lipinski definition) is 3. The van der Waals surface area contributed by atoms with Gasteiger partial charge in [-0.25, -0.2) is 0 Å². The Morgan fingerprint density at radius 3 is 2.44 bits per heavy atom. The van der Waals surface area contributed by atoms with Gasteiger partial charge in [0, 0.05) is 11.4 Å². The Kier molecular flexibility index (Phi) is 6.83. The molecule has 0 aliphatic heterocycles. The van der Waals surface area contributed by atoms with E-state index >= 15 is 0 Å². The quantitative estimate of drug-likeness (QED) is 0.776. The second-order valence-corrected chi connectivity index (χ2v) is 6.25. The predicted octanol–water partition coefficient (Wildman–Crippen LogP) is 3.37. The second-order valence-electron chi connectivity index (χ2n) is 5.81. The molecule has 0 bridgehead atoms. The van der Waals surface area contributed by atoms with E-state index in [1.54, 1.807) is 18.2 Å². The largest absolute Gasteiger partial charge is 0.483 e. The van der Waals surface area contributed by atoms with Crippen molar-refractivity contribution in [2.75, 3.05) is 6.61 Å². The molecule has 2 aromatic carbocycles. The predicted molar refractivity (Wildman–Crippen MR) is 97.4 cm³/mol. The van der Waals surface area contributed by atoms with Crippen LogP contribution in [-0.4, -0.2) is 18.4 Å². The van der Waals surface area contributed by atoms with Crippen molar-refractivity contribution in [1.82, 2.24) is 10.9 Å². The molecule has 2 rings (SSSR count). The van der Waals surface area contributed by atoms with Crippen LogP contribution >= 0.6 is 11.6 Å². The fourth-order valence-electron chi connectivity index (χ4n) is 2.32. The normalized spacial score (nSPS) is 11.5. The minimum absolute atomic E-state index is 0.0612. The van der Waals surface area contributed by atoms with E-state index in [4.69, 9.17) is 16.3 Å². The molecule has 6 heteroatoms. The molecule has 2 aromatic rings. The van der Waals surface area contributed by atoms with Crippen molar-refractivity contribution in [3.8, 4) is 5.75 Å². The molecule has 1 atom stereocenters. The van der Waals surface area contributed by atoms with Gasteiger partial charge in [-0.05, 0) is 42.2 Å². The Balaban J connectivity index is 1.73. The Labute approximate surface area is 152 Å². The number of nitrogens with one attached hydrogen (secondary N) is 2. The molecule has 1 unspecified atom stereocenters. The molecule has 0 fully saturated rings. The molecule has 2 amide bonds. The maximum Gasteiger partial charge on any atom is 0.276 e. The lowest BCUT2D eigenvalue weighted by molar-refractivity contribution is -0.130. The number of carbonyl (C=O) groups is 2. The van der Waals surface area contributed by atoms with E-state index in [0.29, 0.717) is 10.8 Å². The molecule has 132 valence electrons. The summed E-state index contributed by atoms with van der Waals surface area (Å²) < 4.78 is 5.41. The summed E-state index contributed by atoms with van der Waals surface area (Å²) in [5.74, 6) is -0.0583. The summed E-state index contributed by atoms with van der Waals surface area (Å²) in [5.41, 5.74) is 6.66. The van der Waals surface area contributed by atoms with Crippen molar-refractivity contribution >= 4 is 23.4 Å². The molecule has 0 aromatic heterocycles. The minimum atomic E-state index is -0.435. The zero-order valence-electron chi connectivity index (χ0n) is 14.2. The fraction of sp³-hybridized carbons (Fsp3) is 0.263. The highest BCUT2D eigenvalue weighted by Crippen LogP contribution is 2.21. The lowest BCUT2D eigenvalue weighted by Crippen LogP contribution is -2.44. The molecule has 0 aliphatic carbocycles. The first-order chi connectivity index (χ1) is 12.0. The standard InChI is InChI=1S/C19H21ClN2O3/c1-13(15-6-4-3-5-7-15)11-18(23)21-22-19(24)12-25-17-9-8-16(20)10-14(17)2/h3-10,13H,11-12H2,1-2H3,(H,21,23)(H,22,24). The highest BCUT2D eigenvalue weighted by atomic mass is 35.5. The van der Waals surface area contributed by atoms with Gasteiger partial charge in [0.25, 0.3) is 5.91 Å². The molecule has 0 heterocycles. The van der Waals surface area contributed by atoms with E-state index in [1.807, 2.05) is 44.2 Å². The number of benzene rings is 2. The Morgan fingerprint density at radius 2 is 1.76 bits per heavy atom. The van der Waals surface area contributed by atoms with Crippen LogP contribution in [0.2, 0.25) is 5.02 Å². The smallest absolute Gasteiger partial charge is 0.276 e. The number of hydrogen-bond donors (Lipinski definition) is 2. The minimum Gasteiger partial charge on any atom is -0.483 e. The number of ether oxygens (including phenoxy) is 1. The maximum absolute atomic E-state index is 11.9. The van der Waals surface area contributed by atoms with E-state index in [-0.39, 0.29) is 24.9 Å². The summed E-state index contributed by atoms with van der Waals surface area (Å²) in [5, 5.41) is 0.606. The van der Waals surface area contributed by atoms with Crippen LogP contribution in [0.15, 0.2) is 48.5 Å². The Bertz CT molecular complexity index is 735. The van der Waals surface area contributed by atoms with E-state index in [1.165, 1.54) is 0 Å². The summed E-state index contributed by atoms with van der Waals surface area (Å²) in [6.07, 6.45) is 0.279. The van der Waals surface area contributed by atoms with Crippen molar-refractivity contribution in [1.29, 1.82) is 0 Å². The average molecular weight is 361 g/mol. The summed E-state index contributed by atoms with van der Waals surface area (Å²) in [4.78, 5) is 23.7. The topological polar surface area (TPSA) is 67.4 Å². The second kappa shape index (κ2) is 9.08. The first-order valence-corrected chi connectivity index (χ1v) is 8.35. The van der Waals surface area contributed by atoms with Gasteiger partial charge in [-0.1, -0.05) is 48.9 Å². The van der Waals surface area contributed by atoms with Gasteiger partial charge in [0.05, 0.1) is 0 Å². The number of carbonyl (C=O) groups excluding carboxylic acids is 2. The first kappa shape index (κ1) is 18.8. The van der Waals surface area contributed by atoms with Crippen LogP contribution in [0.4, 0.5) is 0 Å². The van der Waals surface area contributed by atoms with Crippen LogP contribution in [0.5, 0.6) is 5.75 Å². The fourth-order valence-corrected chi connectivity index (χ4v) is 2.55. The van der Waals surface area contributed by atoms with Gasteiger partial charge in [0.2, 0.25) is 5.91 Å². The van der Waals surface area contributed by atoms with Crippen LogP contribution in [0.25, 0.3) is 0 Å². The Morgan fingerprint density at radius 1 is 1.08 bits per heavy atom. The highest BCUT2D eigenvalue weighted by Gasteiger charge is 2.12. The van der Waals surface area contributed by atoms with Crippen molar-refractivity contribution in [3.05, 3.63) is 64.7 Å². The molecule has 5 nitrogen and oxygen atoms in total. The lowest BCUT2D eigenvalue weighted by Gasteiger charge is -2.13. The Hall–Kier alpha value is -2.53. The SMILES string of the molecule is Cc1cc(Cl)ccc1OCC(=O)NNC(=O)CC(C)c1ccccc1. The van der Waals surface area contributed by atoms with Gasteiger partial charge in [-0.3, -0.25) is 20.4 Å². The van der Waals surface area contributed by atoms with E-state index < -0.39 is 5.91 Å². The molecule has 25 heavy (non-hydrogen) atoms. The lowest BCUT2D eigenvalue weighted by atomic mass is 9.98. The van der Waals surface area contributed by atoms with E-state index in [0.717, 1.165) is 11.1 Å². The number of amides is 2. The van der Waals surface area contributed by atoms with Gasteiger partial charge in [0.1, 0.15) is 5.75 Å². The van der Waals surface area contributed by atoms with Gasteiger partial charge in [0.15, 0.2) is 6.61 Å². The van der Waals surface area contributed by atoms with Gasteiger partial charge >= 0.3 is 0 Å². The van der Waals surface area contributed by atoms with Gasteiger partial charge in [-0.2, -0.15) is 0 Å². The summed E-state index contributed by atoms with van der Waals surface area (Å²) in [7, 11) is 0. The van der Waals surface area contributed by atoms with Crippen LogP contribution in [0.1, 0.15) is 30.4 Å². The van der Waals surface area contributed by atoms with Crippen LogP contribution in [0, 0.1) is 6.92 Å². The highest BCUT2D eigenvalue weighted by molar-refractivity contribution is 6.30. The maximum atomic E-state index is 11.9. The summed E-state index contributed by atoms with van der Waals surface area (Å²) in [6, 6.07) is 14.9. The van der Waals surface area contributed by atoms with E-state index in [2.05, 4.69) is 10.9 Å². The zero-order chi connectivity index (χ0) is 18.2. The molecule has 2 N–H and O–H groups in total. The number of halogens is 1. The van der Waals surface area contributed by atoms with Crippen LogP contribution in [0.3, 0.4) is 0 Å². The van der Waals surface area contributed by atoms with Crippen LogP contribution < -0.4 is 15.6 Å². The van der Waals surface area contributed by atoms with Crippen molar-refractivity contribution in [2.45, 2.75) is 26.2 Å². The molecule has 0 saturated carbocycles. The molecular weight excluding hydrogens is 340 g/mol. The molecule has 0 spiro atoms. The third-order valence-corrected chi connectivity index (χ3v) is 3.93. The van der Waals surface area contributed by atoms with Crippen molar-refractivity contribution in [3.63, 3.8) is 0 Å². The number of aryl methyl sites for hydroxylation is 1. The zero-order valence-corrected chi connectivity index (χ0v) is 15.0. The molecule has 0 aliphatic rings. The molecular formula is C19H21ClN2O3. The van der Waals surface area contributed by atoms with Crippen LogP contribution in [-0.2, 0) is 9.59 Å². The monoisotopic (exact) mass is 360 g/mol. The third kappa shape index (κ3) is 6.12. The summed E-state index contributed by atoms with van der Waals surface area (Å²) >= 11 is 5.87. The number of hydrazine groups is 1. The molecule has 0 saturated heterocycles. The first-order valence-electron chi connectivity index (χ1n) is 7.97. The summed E-state index contributed by atoms with van der Waals surface area (Å²) in [6.45, 7) is 3.60. The van der Waals surface area contributed by atoms with Crippen molar-refractivity contribution < 1.29 is 14.3 Å². The van der Waals surface area contributed by atoms with E-state index in [9.17, 15) is 9.59 Å².